The van der Waals surface area contributed by atoms with Gasteiger partial charge < -0.3 is 15.6 Å². The van der Waals surface area contributed by atoms with Crippen molar-refractivity contribution >= 4 is 5.97 Å². The summed E-state index contributed by atoms with van der Waals surface area (Å²) in [4.78, 5) is 11.7. The van der Waals surface area contributed by atoms with Gasteiger partial charge >= 0.3 is 5.97 Å². The van der Waals surface area contributed by atoms with Crippen LogP contribution < -0.4 is 5.73 Å². The van der Waals surface area contributed by atoms with Gasteiger partial charge in [-0.2, -0.15) is 0 Å². The van der Waals surface area contributed by atoms with Crippen molar-refractivity contribution in [3.8, 4) is 0 Å². The Balaban J connectivity index is 3.05. The molecule has 0 aromatic heterocycles. The first-order valence-electron chi connectivity index (χ1n) is 6.55. The summed E-state index contributed by atoms with van der Waals surface area (Å²) in [6, 6.07) is 5.84. The van der Waals surface area contributed by atoms with Crippen LogP contribution in [-0.2, 0) is 14.9 Å². The molecule has 0 fully saturated rings. The first-order chi connectivity index (χ1) is 9.23. The van der Waals surface area contributed by atoms with Gasteiger partial charge in [-0.05, 0) is 33.3 Å². The van der Waals surface area contributed by atoms with Crippen LogP contribution >= 0.6 is 0 Å². The summed E-state index contributed by atoms with van der Waals surface area (Å²) in [7, 11) is 0. The van der Waals surface area contributed by atoms with Gasteiger partial charge in [0.2, 0.25) is 0 Å². The highest BCUT2D eigenvalue weighted by Gasteiger charge is 2.41. The molecule has 0 amide bonds. The third-order valence-corrected chi connectivity index (χ3v) is 3.21. The molecule has 0 saturated carbocycles. The Morgan fingerprint density at radius 1 is 1.35 bits per heavy atom. The zero-order valence-corrected chi connectivity index (χ0v) is 12.1. The Morgan fingerprint density at radius 3 is 2.40 bits per heavy atom. The summed E-state index contributed by atoms with van der Waals surface area (Å²) in [6.07, 6.45) is 0.122. The van der Waals surface area contributed by atoms with E-state index in [0.29, 0.717) is 0 Å². The molecule has 0 aliphatic rings. The summed E-state index contributed by atoms with van der Waals surface area (Å²) in [5, 5.41) is 9.53. The SMILES string of the molecule is CC(C)(C)OCCC(CN)(C(=O)O)c1ccccc1F. The molecular weight excluding hydrogens is 261 g/mol. The van der Waals surface area contributed by atoms with Crippen molar-refractivity contribution in [3.05, 3.63) is 35.6 Å². The minimum atomic E-state index is -1.46. The standard InChI is InChI=1S/C15H22FNO3/c1-14(2,3)20-9-8-15(10-17,13(18)19)11-6-4-5-7-12(11)16/h4-7H,8-10,17H2,1-3H3,(H,18,19). The minimum Gasteiger partial charge on any atom is -0.481 e. The predicted octanol–water partition coefficient (Wildman–Crippen LogP) is 2.31. The highest BCUT2D eigenvalue weighted by Crippen LogP contribution is 2.30. The average Bonchev–Trinajstić information content (AvgIpc) is 2.34. The van der Waals surface area contributed by atoms with Crippen molar-refractivity contribution in [2.45, 2.75) is 38.2 Å². The molecule has 0 heterocycles. The number of carboxylic acids is 1. The normalized spacial score (nSPS) is 14.8. The van der Waals surface area contributed by atoms with E-state index in [4.69, 9.17) is 10.5 Å². The Hall–Kier alpha value is -1.46. The van der Waals surface area contributed by atoms with E-state index in [1.165, 1.54) is 18.2 Å². The van der Waals surface area contributed by atoms with Gasteiger partial charge in [0, 0.05) is 18.7 Å². The van der Waals surface area contributed by atoms with Crippen LogP contribution in [0.1, 0.15) is 32.8 Å². The first-order valence-corrected chi connectivity index (χ1v) is 6.55. The second kappa shape index (κ2) is 6.33. The van der Waals surface area contributed by atoms with Gasteiger partial charge in [0.1, 0.15) is 11.2 Å². The molecule has 0 aliphatic carbocycles. The van der Waals surface area contributed by atoms with Crippen molar-refractivity contribution < 1.29 is 19.0 Å². The highest BCUT2D eigenvalue weighted by molar-refractivity contribution is 5.81. The number of carbonyl (C=O) groups is 1. The lowest BCUT2D eigenvalue weighted by molar-refractivity contribution is -0.145. The molecule has 0 radical (unpaired) electrons. The van der Waals surface area contributed by atoms with Crippen molar-refractivity contribution in [2.75, 3.05) is 13.2 Å². The molecule has 1 rings (SSSR count). The Morgan fingerprint density at radius 2 is 1.95 bits per heavy atom. The van der Waals surface area contributed by atoms with E-state index in [1.54, 1.807) is 6.07 Å². The molecule has 20 heavy (non-hydrogen) atoms. The minimum absolute atomic E-state index is 0.104. The number of carboxylic acid groups (broad SMARTS) is 1. The number of hydrogen-bond donors (Lipinski definition) is 2. The van der Waals surface area contributed by atoms with Gasteiger partial charge in [0.05, 0.1) is 5.60 Å². The lowest BCUT2D eigenvalue weighted by Crippen LogP contribution is -2.45. The summed E-state index contributed by atoms with van der Waals surface area (Å²) in [5.74, 6) is -1.70. The van der Waals surface area contributed by atoms with Crippen LogP contribution in [-0.4, -0.2) is 29.8 Å². The average molecular weight is 283 g/mol. The third-order valence-electron chi connectivity index (χ3n) is 3.21. The lowest BCUT2D eigenvalue weighted by Gasteiger charge is -2.30. The maximum Gasteiger partial charge on any atom is 0.315 e. The van der Waals surface area contributed by atoms with Crippen molar-refractivity contribution in [2.24, 2.45) is 5.73 Å². The van der Waals surface area contributed by atoms with Gasteiger partial charge in [0.25, 0.3) is 0 Å². The molecule has 5 heteroatoms. The van der Waals surface area contributed by atoms with Gasteiger partial charge in [-0.1, -0.05) is 18.2 Å². The molecule has 0 spiro atoms. The van der Waals surface area contributed by atoms with Crippen LogP contribution in [0.5, 0.6) is 0 Å². The first kappa shape index (κ1) is 16.6. The van der Waals surface area contributed by atoms with Crippen molar-refractivity contribution in [1.82, 2.24) is 0 Å². The quantitative estimate of drug-likeness (QED) is 0.840. The number of ether oxygens (including phenoxy) is 1. The maximum atomic E-state index is 13.9. The zero-order chi connectivity index (χ0) is 15.4. The van der Waals surface area contributed by atoms with Gasteiger partial charge in [-0.3, -0.25) is 4.79 Å². The number of rotatable bonds is 6. The number of nitrogens with two attached hydrogens (primary N) is 1. The van der Waals surface area contributed by atoms with E-state index >= 15 is 0 Å². The molecule has 0 saturated heterocycles. The van der Waals surface area contributed by atoms with E-state index in [-0.39, 0.29) is 30.7 Å². The van der Waals surface area contributed by atoms with E-state index in [2.05, 4.69) is 0 Å². The molecule has 0 bridgehead atoms. The molecule has 1 unspecified atom stereocenters. The molecule has 1 atom stereocenters. The molecule has 1 aromatic rings. The topological polar surface area (TPSA) is 72.5 Å². The summed E-state index contributed by atoms with van der Waals surface area (Å²) in [5.41, 5.74) is 3.92. The highest BCUT2D eigenvalue weighted by atomic mass is 19.1. The second-order valence-corrected chi connectivity index (χ2v) is 5.78. The fraction of sp³-hybridized carbons (Fsp3) is 0.533. The van der Waals surface area contributed by atoms with Gasteiger partial charge in [-0.25, -0.2) is 4.39 Å². The molecule has 1 aromatic carbocycles. The van der Waals surface area contributed by atoms with Gasteiger partial charge in [0.15, 0.2) is 0 Å². The molecule has 0 aliphatic heterocycles. The summed E-state index contributed by atoms with van der Waals surface area (Å²) >= 11 is 0. The van der Waals surface area contributed by atoms with Crippen LogP contribution in [0.4, 0.5) is 4.39 Å². The molecule has 3 N–H and O–H groups in total. The zero-order valence-electron chi connectivity index (χ0n) is 12.1. The number of halogens is 1. The van der Waals surface area contributed by atoms with Crippen molar-refractivity contribution in [1.29, 1.82) is 0 Å². The smallest absolute Gasteiger partial charge is 0.315 e. The van der Waals surface area contributed by atoms with E-state index in [9.17, 15) is 14.3 Å². The van der Waals surface area contributed by atoms with Crippen LogP contribution in [0.3, 0.4) is 0 Å². The van der Waals surface area contributed by atoms with E-state index in [1.807, 2.05) is 20.8 Å². The maximum absolute atomic E-state index is 13.9. The number of benzene rings is 1. The number of hydrogen-bond acceptors (Lipinski definition) is 3. The van der Waals surface area contributed by atoms with E-state index < -0.39 is 17.2 Å². The lowest BCUT2D eigenvalue weighted by atomic mass is 9.77. The van der Waals surface area contributed by atoms with Crippen molar-refractivity contribution in [3.63, 3.8) is 0 Å². The van der Waals surface area contributed by atoms with Gasteiger partial charge in [-0.15, -0.1) is 0 Å². The molecule has 4 nitrogen and oxygen atoms in total. The Bertz CT molecular complexity index is 470. The Labute approximate surface area is 118 Å². The molecule has 112 valence electrons. The monoisotopic (exact) mass is 283 g/mol. The van der Waals surface area contributed by atoms with E-state index in [0.717, 1.165) is 0 Å². The predicted molar refractivity (Wildman–Crippen MR) is 75.1 cm³/mol. The van der Waals surface area contributed by atoms with Crippen LogP contribution in [0, 0.1) is 5.82 Å². The number of aliphatic carboxylic acids is 1. The Kier molecular flexibility index (Phi) is 5.25. The van der Waals surface area contributed by atoms with Crippen LogP contribution in [0.15, 0.2) is 24.3 Å². The summed E-state index contributed by atoms with van der Waals surface area (Å²) in [6.45, 7) is 5.64. The summed E-state index contributed by atoms with van der Waals surface area (Å²) < 4.78 is 19.5. The fourth-order valence-corrected chi connectivity index (χ4v) is 2.04. The third kappa shape index (κ3) is 3.77. The fourth-order valence-electron chi connectivity index (χ4n) is 2.04. The van der Waals surface area contributed by atoms with Crippen LogP contribution in [0.25, 0.3) is 0 Å². The molecular formula is C15H22FNO3. The largest absolute Gasteiger partial charge is 0.481 e. The second-order valence-electron chi connectivity index (χ2n) is 5.78. The van der Waals surface area contributed by atoms with Crippen LogP contribution in [0.2, 0.25) is 0 Å².